The van der Waals surface area contributed by atoms with Crippen LogP contribution in [0.5, 0.6) is 0 Å². The normalized spacial score (nSPS) is 38.8. The number of halogens is 1. The molecule has 9 heavy (non-hydrogen) atoms. The Labute approximate surface area is 58.1 Å². The van der Waals surface area contributed by atoms with Crippen LogP contribution in [-0.4, -0.2) is 22.2 Å². The Bertz CT molecular complexity index is 189. The average molecular weight is 144 g/mol. The summed E-state index contributed by atoms with van der Waals surface area (Å²) in [5.74, 6) is 0.194. The maximum atomic E-state index is 10.7. The van der Waals surface area contributed by atoms with E-state index >= 15 is 0 Å². The maximum Gasteiger partial charge on any atom is 0.228 e. The largest absolute Gasteiger partial charge is 0.314 e. The second-order valence-corrected chi connectivity index (χ2v) is 2.86. The molecule has 2 unspecified atom stereocenters. The van der Waals surface area contributed by atoms with Gasteiger partial charge in [0.25, 0.3) is 0 Å². The van der Waals surface area contributed by atoms with Crippen LogP contribution in [0.3, 0.4) is 0 Å². The van der Waals surface area contributed by atoms with Gasteiger partial charge in [-0.05, 0) is 6.08 Å². The van der Waals surface area contributed by atoms with Gasteiger partial charge in [0.05, 0.1) is 11.4 Å². The zero-order valence-corrected chi connectivity index (χ0v) is 5.51. The maximum absolute atomic E-state index is 10.7. The minimum atomic E-state index is 0.0581. The first-order valence-corrected chi connectivity index (χ1v) is 3.36. The fraction of sp³-hybridized carbons (Fsp3) is 0.500. The topological polar surface area (TPSA) is 20.3 Å². The SMILES string of the molecule is O=C1CC2C(Cl)C=CN12. The smallest absolute Gasteiger partial charge is 0.228 e. The van der Waals surface area contributed by atoms with Gasteiger partial charge >= 0.3 is 0 Å². The Hall–Kier alpha value is -0.500. The minimum absolute atomic E-state index is 0.0581. The number of nitrogens with zero attached hydrogens (tertiary/aromatic N) is 1. The molecule has 0 aromatic carbocycles. The molecule has 48 valence electrons. The van der Waals surface area contributed by atoms with Crippen molar-refractivity contribution in [3.63, 3.8) is 0 Å². The van der Waals surface area contributed by atoms with Crippen LogP contribution in [0.15, 0.2) is 12.3 Å². The van der Waals surface area contributed by atoms with Gasteiger partial charge in [-0.15, -0.1) is 11.6 Å². The minimum Gasteiger partial charge on any atom is -0.314 e. The molecule has 0 aliphatic carbocycles. The van der Waals surface area contributed by atoms with E-state index in [0.29, 0.717) is 6.42 Å². The van der Waals surface area contributed by atoms with Crippen molar-refractivity contribution < 1.29 is 4.79 Å². The summed E-state index contributed by atoms with van der Waals surface area (Å²) in [5, 5.41) is 0.0581. The Kier molecular flexibility index (Phi) is 0.887. The average Bonchev–Trinajstić information content (AvgIpc) is 2.07. The van der Waals surface area contributed by atoms with Gasteiger partial charge in [-0.3, -0.25) is 4.79 Å². The Morgan fingerprint density at radius 3 is 3.00 bits per heavy atom. The summed E-state index contributed by atoms with van der Waals surface area (Å²) in [6, 6.07) is 0.277. The molecule has 0 aromatic heterocycles. The Balaban J connectivity index is 2.19. The molecule has 2 rings (SSSR count). The van der Waals surface area contributed by atoms with Gasteiger partial charge in [0.2, 0.25) is 5.91 Å². The van der Waals surface area contributed by atoms with E-state index in [1.54, 1.807) is 11.1 Å². The second-order valence-electron chi connectivity index (χ2n) is 2.36. The molecule has 3 heteroatoms. The molecule has 0 N–H and O–H groups in total. The fourth-order valence-corrected chi connectivity index (χ4v) is 1.49. The summed E-state index contributed by atoms with van der Waals surface area (Å²) in [6.07, 6.45) is 4.26. The number of fused-ring (bicyclic) bond motifs is 1. The third-order valence-corrected chi connectivity index (χ3v) is 2.26. The third kappa shape index (κ3) is 0.540. The van der Waals surface area contributed by atoms with Gasteiger partial charge in [0.15, 0.2) is 0 Å². The van der Waals surface area contributed by atoms with Crippen LogP contribution < -0.4 is 0 Å². The molecule has 1 fully saturated rings. The Morgan fingerprint density at radius 1 is 1.78 bits per heavy atom. The van der Waals surface area contributed by atoms with Crippen LogP contribution in [-0.2, 0) is 4.79 Å². The molecule has 2 heterocycles. The summed E-state index contributed by atoms with van der Waals surface area (Å²) in [7, 11) is 0. The predicted molar refractivity (Wildman–Crippen MR) is 34.0 cm³/mol. The zero-order valence-electron chi connectivity index (χ0n) is 4.75. The number of hydrogen-bond donors (Lipinski definition) is 0. The lowest BCUT2D eigenvalue weighted by atomic mass is 10.0. The number of alkyl halides is 1. The van der Waals surface area contributed by atoms with Crippen LogP contribution >= 0.6 is 11.6 Å². The van der Waals surface area contributed by atoms with Gasteiger partial charge in [0.1, 0.15) is 0 Å². The van der Waals surface area contributed by atoms with Crippen LogP contribution in [0.4, 0.5) is 0 Å². The van der Waals surface area contributed by atoms with E-state index in [1.165, 1.54) is 0 Å². The molecule has 2 aliphatic rings. The summed E-state index contributed by atoms with van der Waals surface area (Å²) in [6.45, 7) is 0. The van der Waals surface area contributed by atoms with Crippen LogP contribution in [0, 0.1) is 0 Å². The van der Waals surface area contributed by atoms with E-state index in [4.69, 9.17) is 11.6 Å². The van der Waals surface area contributed by atoms with Crippen LogP contribution in [0.1, 0.15) is 6.42 Å². The summed E-state index contributed by atoms with van der Waals surface area (Å²) in [5.41, 5.74) is 0. The van der Waals surface area contributed by atoms with Crippen LogP contribution in [0.2, 0.25) is 0 Å². The van der Waals surface area contributed by atoms with Crippen molar-refractivity contribution in [3.05, 3.63) is 12.3 Å². The van der Waals surface area contributed by atoms with Crippen molar-refractivity contribution >= 4 is 17.5 Å². The second kappa shape index (κ2) is 1.51. The number of carbonyl (C=O) groups is 1. The predicted octanol–water partition coefficient (Wildman–Crippen LogP) is 0.722. The summed E-state index contributed by atoms with van der Waals surface area (Å²) in [4.78, 5) is 12.4. The molecule has 0 bridgehead atoms. The highest BCUT2D eigenvalue weighted by atomic mass is 35.5. The third-order valence-electron chi connectivity index (χ3n) is 1.83. The molecule has 2 aliphatic heterocycles. The highest BCUT2D eigenvalue weighted by molar-refractivity contribution is 6.23. The first-order valence-electron chi connectivity index (χ1n) is 2.92. The van der Waals surface area contributed by atoms with E-state index in [1.807, 2.05) is 6.08 Å². The monoisotopic (exact) mass is 143 g/mol. The molecule has 0 saturated carbocycles. The first kappa shape index (κ1) is 5.30. The summed E-state index contributed by atoms with van der Waals surface area (Å²) < 4.78 is 0. The van der Waals surface area contributed by atoms with E-state index < -0.39 is 0 Å². The molecular weight excluding hydrogens is 138 g/mol. The summed E-state index contributed by atoms with van der Waals surface area (Å²) >= 11 is 5.79. The van der Waals surface area contributed by atoms with Crippen molar-refractivity contribution in [2.45, 2.75) is 17.8 Å². The highest BCUT2D eigenvalue weighted by Crippen LogP contribution is 2.31. The van der Waals surface area contributed by atoms with Gasteiger partial charge < -0.3 is 4.90 Å². The van der Waals surface area contributed by atoms with Crippen molar-refractivity contribution in [2.75, 3.05) is 0 Å². The molecule has 1 saturated heterocycles. The number of amides is 1. The van der Waals surface area contributed by atoms with E-state index in [2.05, 4.69) is 0 Å². The van der Waals surface area contributed by atoms with Crippen LogP contribution in [0.25, 0.3) is 0 Å². The van der Waals surface area contributed by atoms with Gasteiger partial charge in [-0.2, -0.15) is 0 Å². The highest BCUT2D eigenvalue weighted by Gasteiger charge is 2.41. The first-order chi connectivity index (χ1) is 4.29. The molecule has 1 amide bonds. The molecule has 2 nitrogen and oxygen atoms in total. The Morgan fingerprint density at radius 2 is 2.56 bits per heavy atom. The standard InChI is InChI=1S/C6H6ClNO/c7-4-1-2-8-5(4)3-6(8)9/h1-2,4-5H,3H2. The van der Waals surface area contributed by atoms with Crippen molar-refractivity contribution in [3.8, 4) is 0 Å². The van der Waals surface area contributed by atoms with E-state index in [9.17, 15) is 4.79 Å². The van der Waals surface area contributed by atoms with Gasteiger partial charge in [0, 0.05) is 12.6 Å². The number of rotatable bonds is 0. The van der Waals surface area contributed by atoms with Crippen molar-refractivity contribution in [1.82, 2.24) is 4.90 Å². The van der Waals surface area contributed by atoms with Gasteiger partial charge in [-0.25, -0.2) is 0 Å². The van der Waals surface area contributed by atoms with Crippen molar-refractivity contribution in [1.29, 1.82) is 0 Å². The van der Waals surface area contributed by atoms with E-state index in [0.717, 1.165) is 0 Å². The van der Waals surface area contributed by atoms with Gasteiger partial charge in [-0.1, -0.05) is 0 Å². The number of β-lactam (4-membered cyclic amide) rings is 1. The lowest BCUT2D eigenvalue weighted by molar-refractivity contribution is -0.139. The number of hydrogen-bond acceptors (Lipinski definition) is 1. The zero-order chi connectivity index (χ0) is 6.43. The fourth-order valence-electron chi connectivity index (χ4n) is 1.22. The molecule has 2 atom stereocenters. The molecule has 0 radical (unpaired) electrons. The number of carbonyl (C=O) groups excluding carboxylic acids is 1. The lowest BCUT2D eigenvalue weighted by Gasteiger charge is -2.34. The molecule has 0 spiro atoms. The lowest BCUT2D eigenvalue weighted by Crippen LogP contribution is -2.49. The quantitative estimate of drug-likeness (QED) is 0.362. The van der Waals surface area contributed by atoms with Crippen molar-refractivity contribution in [2.24, 2.45) is 0 Å². The molecular formula is C6H6ClNO. The van der Waals surface area contributed by atoms with E-state index in [-0.39, 0.29) is 17.3 Å². The molecule has 0 aromatic rings.